The minimum Gasteiger partial charge on any atom is -0.507 e. The second kappa shape index (κ2) is 7.11. The van der Waals surface area contributed by atoms with E-state index in [0.717, 1.165) is 30.8 Å². The third-order valence-corrected chi connectivity index (χ3v) is 7.31. The van der Waals surface area contributed by atoms with Crippen LogP contribution in [0.3, 0.4) is 0 Å². The first-order valence-electron chi connectivity index (χ1n) is 10.8. The van der Waals surface area contributed by atoms with Crippen molar-refractivity contribution < 1.29 is 9.50 Å². The van der Waals surface area contributed by atoms with E-state index in [1.54, 1.807) is 18.6 Å². The number of rotatable bonds is 4. The molecule has 158 valence electrons. The number of benzene rings is 1. The van der Waals surface area contributed by atoms with Gasteiger partial charge in [0.2, 0.25) is 0 Å². The maximum Gasteiger partial charge on any atom is 0.151 e. The Morgan fingerprint density at radius 3 is 2.65 bits per heavy atom. The van der Waals surface area contributed by atoms with Crippen LogP contribution >= 0.6 is 0 Å². The summed E-state index contributed by atoms with van der Waals surface area (Å²) in [4.78, 5) is 6.18. The Hall–Kier alpha value is -2.83. The van der Waals surface area contributed by atoms with Gasteiger partial charge in [-0.3, -0.25) is 0 Å². The fourth-order valence-electron chi connectivity index (χ4n) is 5.80. The van der Waals surface area contributed by atoms with Crippen LogP contribution in [-0.2, 0) is 0 Å². The number of aromatic hydroxyl groups is 1. The summed E-state index contributed by atoms with van der Waals surface area (Å²) in [5, 5.41) is 19.1. The molecule has 6 nitrogen and oxygen atoms in total. The number of anilines is 1. The molecule has 31 heavy (non-hydrogen) atoms. The first-order valence-corrected chi connectivity index (χ1v) is 10.8. The molecule has 2 aliphatic carbocycles. The lowest BCUT2D eigenvalue weighted by Crippen LogP contribution is -2.41. The van der Waals surface area contributed by atoms with Gasteiger partial charge in [-0.25, -0.2) is 9.37 Å². The average Bonchev–Trinajstić information content (AvgIpc) is 3.32. The first-order chi connectivity index (χ1) is 14.8. The highest BCUT2D eigenvalue weighted by atomic mass is 19.1. The van der Waals surface area contributed by atoms with E-state index in [0.29, 0.717) is 17.7 Å². The Kier molecular flexibility index (Phi) is 4.61. The zero-order chi connectivity index (χ0) is 21.8. The van der Waals surface area contributed by atoms with Crippen LogP contribution in [0.25, 0.3) is 16.9 Å². The minimum absolute atomic E-state index is 0.0570. The molecule has 1 N–H and O–H groups in total. The molecule has 0 saturated heterocycles. The Bertz CT molecular complexity index is 1100. The second-order valence-corrected chi connectivity index (χ2v) is 9.93. The fraction of sp³-hybridized carbons (Fsp3) is 0.409. The van der Waals surface area contributed by atoms with Crippen LogP contribution in [0.1, 0.15) is 25.7 Å². The van der Waals surface area contributed by atoms with Crippen LogP contribution in [0.15, 0.2) is 49.1 Å². The minimum atomic E-state index is -0.724. The van der Waals surface area contributed by atoms with Gasteiger partial charge in [0.1, 0.15) is 21.4 Å². The molecule has 0 spiro atoms. The number of nitrogens with zero attached hydrogens (tertiary/aromatic N) is 5. The van der Waals surface area contributed by atoms with Gasteiger partial charge in [-0.05, 0) is 48.8 Å². The maximum absolute atomic E-state index is 14.7. The van der Waals surface area contributed by atoms with Crippen molar-refractivity contribution in [2.45, 2.75) is 48.5 Å². The summed E-state index contributed by atoms with van der Waals surface area (Å²) >= 11 is 0. The number of imidazole rings is 1. The van der Waals surface area contributed by atoms with Crippen LogP contribution in [0, 0.1) is 0 Å². The second-order valence-electron chi connectivity index (χ2n) is 9.93. The van der Waals surface area contributed by atoms with Gasteiger partial charge < -0.3 is 14.6 Å². The lowest BCUT2D eigenvalue weighted by Gasteiger charge is -2.44. The number of halogens is 1. The van der Waals surface area contributed by atoms with E-state index < -0.39 is 6.17 Å². The van der Waals surface area contributed by atoms with Crippen LogP contribution < -0.4 is 4.90 Å². The van der Waals surface area contributed by atoms with E-state index >= 15 is 0 Å². The number of phenols is 1. The molecule has 9 heteroatoms. The molecule has 0 unspecified atom stereocenters. The summed E-state index contributed by atoms with van der Waals surface area (Å²) in [6, 6.07) is 9.48. The molecule has 2 aliphatic rings. The highest BCUT2D eigenvalue weighted by Crippen LogP contribution is 2.65. The number of aromatic nitrogens is 4. The van der Waals surface area contributed by atoms with Crippen LogP contribution in [0.5, 0.6) is 5.75 Å². The topological polar surface area (TPSA) is 67.1 Å². The van der Waals surface area contributed by atoms with Crippen molar-refractivity contribution in [3.63, 3.8) is 0 Å². The molecular formula is C22H26B2FN5O. The van der Waals surface area contributed by atoms with E-state index in [-0.39, 0.29) is 22.4 Å². The van der Waals surface area contributed by atoms with Gasteiger partial charge in [0.25, 0.3) is 0 Å². The lowest BCUT2D eigenvalue weighted by molar-refractivity contribution is 0.253. The molecule has 0 amide bonds. The summed E-state index contributed by atoms with van der Waals surface area (Å²) in [6.07, 6.45) is 7.90. The standard InChI is InChI=1S/C22H26B2FN5O/c1-29(15-9-21(23)11-19(25)22(24,10-15)12-21)20-5-4-17(27-28-20)16-3-2-14(8-18(16)31)30-7-6-26-13-30/h2-8,13,15,19,31H,9-12,23-24H2,1H3/t15-,19+,21-,22-/m0/s1. The monoisotopic (exact) mass is 417 g/mol. The van der Waals surface area contributed by atoms with Crippen molar-refractivity contribution in [2.75, 3.05) is 11.9 Å². The fourth-order valence-corrected chi connectivity index (χ4v) is 5.80. The van der Waals surface area contributed by atoms with Gasteiger partial charge in [-0.15, -0.1) is 10.2 Å². The molecule has 2 saturated carbocycles. The molecule has 2 heterocycles. The van der Waals surface area contributed by atoms with E-state index in [4.69, 9.17) is 0 Å². The molecule has 0 radical (unpaired) electrons. The summed E-state index contributed by atoms with van der Waals surface area (Å²) in [7, 11) is 6.33. The van der Waals surface area contributed by atoms with Gasteiger partial charge in [-0.2, -0.15) is 0 Å². The maximum atomic E-state index is 14.7. The first kappa shape index (κ1) is 20.1. The zero-order valence-corrected chi connectivity index (χ0v) is 18.2. The number of fused-ring (bicyclic) bond motifs is 2. The van der Waals surface area contributed by atoms with Crippen LogP contribution in [0.2, 0.25) is 10.6 Å². The van der Waals surface area contributed by atoms with Gasteiger partial charge in [0, 0.05) is 37.1 Å². The molecule has 3 aromatic rings. The summed E-state index contributed by atoms with van der Waals surface area (Å²) in [6.45, 7) is 0. The predicted molar refractivity (Wildman–Crippen MR) is 124 cm³/mol. The van der Waals surface area contributed by atoms with Crippen molar-refractivity contribution in [3.8, 4) is 22.7 Å². The Labute approximate surface area is 183 Å². The quantitative estimate of drug-likeness (QED) is 0.661. The highest BCUT2D eigenvalue weighted by Gasteiger charge is 2.55. The number of hydrogen-bond donors (Lipinski definition) is 1. The van der Waals surface area contributed by atoms with Crippen molar-refractivity contribution in [1.82, 2.24) is 19.7 Å². The summed E-state index contributed by atoms with van der Waals surface area (Å²) in [5.74, 6) is 0.910. The van der Waals surface area contributed by atoms with Gasteiger partial charge in [-0.1, -0.05) is 11.7 Å². The van der Waals surface area contributed by atoms with E-state index in [2.05, 4.69) is 35.8 Å². The van der Waals surface area contributed by atoms with E-state index in [1.165, 1.54) is 0 Å². The molecule has 2 fully saturated rings. The molecule has 2 bridgehead atoms. The lowest BCUT2D eigenvalue weighted by atomic mass is 9.52. The smallest absolute Gasteiger partial charge is 0.151 e. The third kappa shape index (κ3) is 3.50. The molecule has 2 aromatic heterocycles. The Morgan fingerprint density at radius 1 is 1.16 bits per heavy atom. The Balaban J connectivity index is 1.36. The number of phenolic OH excluding ortho intramolecular Hbond substituents is 1. The average molecular weight is 417 g/mol. The molecular weight excluding hydrogens is 391 g/mol. The van der Waals surface area contributed by atoms with Crippen LogP contribution in [-0.4, -0.2) is 59.8 Å². The molecule has 4 atom stereocenters. The third-order valence-electron chi connectivity index (χ3n) is 7.31. The number of hydrogen-bond acceptors (Lipinski definition) is 5. The SMILES string of the molecule is B[C@]12C[C@H](N(C)c3ccc(-c4ccc(-n5ccnc5)cc4O)nn3)C[C@](B)(C1)[C@H](F)C2. The Morgan fingerprint density at radius 2 is 2.00 bits per heavy atom. The van der Waals surface area contributed by atoms with Crippen molar-refractivity contribution in [3.05, 3.63) is 49.1 Å². The number of alkyl halides is 1. The van der Waals surface area contributed by atoms with E-state index in [1.807, 2.05) is 42.1 Å². The predicted octanol–water partition coefficient (Wildman–Crippen LogP) is 2.35. The molecule has 5 rings (SSSR count). The summed E-state index contributed by atoms with van der Waals surface area (Å²) < 4.78 is 16.5. The largest absolute Gasteiger partial charge is 0.507 e. The van der Waals surface area contributed by atoms with Gasteiger partial charge >= 0.3 is 0 Å². The molecule has 1 aromatic carbocycles. The van der Waals surface area contributed by atoms with Crippen molar-refractivity contribution >= 4 is 21.5 Å². The zero-order valence-electron chi connectivity index (χ0n) is 18.2. The van der Waals surface area contributed by atoms with Crippen LogP contribution in [0.4, 0.5) is 10.2 Å². The normalized spacial score (nSPS) is 29.7. The van der Waals surface area contributed by atoms with Crippen molar-refractivity contribution in [2.24, 2.45) is 0 Å². The summed E-state index contributed by atoms with van der Waals surface area (Å²) in [5.41, 5.74) is 2.06. The molecule has 0 aliphatic heterocycles. The van der Waals surface area contributed by atoms with Crippen molar-refractivity contribution in [1.29, 1.82) is 0 Å². The highest BCUT2D eigenvalue weighted by molar-refractivity contribution is 6.21. The van der Waals surface area contributed by atoms with E-state index in [9.17, 15) is 9.50 Å². The van der Waals surface area contributed by atoms with Gasteiger partial charge in [0.05, 0.1) is 23.9 Å². The van der Waals surface area contributed by atoms with Gasteiger partial charge in [0.15, 0.2) is 5.82 Å².